The fourth-order valence-electron chi connectivity index (χ4n) is 1.28. The highest BCUT2D eigenvalue weighted by Gasteiger charge is 1.96. The zero-order valence-corrected chi connectivity index (χ0v) is 10.2. The van der Waals surface area contributed by atoms with Crippen LogP contribution in [0.3, 0.4) is 0 Å². The van der Waals surface area contributed by atoms with E-state index < -0.39 is 0 Å². The summed E-state index contributed by atoms with van der Waals surface area (Å²) in [6, 6.07) is 5.66. The maximum atomic E-state index is 10.7. The Morgan fingerprint density at radius 1 is 1.44 bits per heavy atom. The molecule has 0 heterocycles. The first-order chi connectivity index (χ1) is 7.63. The molecular formula is C13H14O2S. The average molecular weight is 234 g/mol. The summed E-state index contributed by atoms with van der Waals surface area (Å²) in [5.41, 5.74) is 2.74. The van der Waals surface area contributed by atoms with Gasteiger partial charge in [-0.05, 0) is 18.1 Å². The van der Waals surface area contributed by atoms with E-state index >= 15 is 0 Å². The number of hydrogen-bond acceptors (Lipinski definition) is 3. The smallest absolute Gasteiger partial charge is 0.186 e. The van der Waals surface area contributed by atoms with Crippen molar-refractivity contribution in [2.45, 2.75) is 13.8 Å². The molecule has 0 aliphatic rings. The van der Waals surface area contributed by atoms with E-state index in [9.17, 15) is 9.59 Å². The van der Waals surface area contributed by atoms with E-state index in [2.05, 4.69) is 0 Å². The number of aldehydes is 1. The van der Waals surface area contributed by atoms with Gasteiger partial charge in [-0.2, -0.15) is 0 Å². The van der Waals surface area contributed by atoms with Crippen LogP contribution in [0.2, 0.25) is 0 Å². The summed E-state index contributed by atoms with van der Waals surface area (Å²) < 4.78 is 0. The third kappa shape index (κ3) is 4.03. The number of aryl methyl sites for hydroxylation is 1. The highest BCUT2D eigenvalue weighted by molar-refractivity contribution is 8.13. The van der Waals surface area contributed by atoms with E-state index in [0.717, 1.165) is 23.0 Å². The van der Waals surface area contributed by atoms with Crippen molar-refractivity contribution in [1.82, 2.24) is 0 Å². The normalized spacial score (nSPS) is 10.6. The maximum absolute atomic E-state index is 10.7. The van der Waals surface area contributed by atoms with Crippen molar-refractivity contribution in [3.8, 4) is 0 Å². The third-order valence-corrected chi connectivity index (χ3v) is 2.88. The fourth-order valence-corrected chi connectivity index (χ4v) is 1.71. The lowest BCUT2D eigenvalue weighted by atomic mass is 10.1. The topological polar surface area (TPSA) is 34.1 Å². The Balaban J connectivity index is 2.64. The highest BCUT2D eigenvalue weighted by atomic mass is 32.2. The lowest BCUT2D eigenvalue weighted by molar-refractivity contribution is -0.109. The first kappa shape index (κ1) is 12.7. The second kappa shape index (κ2) is 6.28. The van der Waals surface area contributed by atoms with Gasteiger partial charge in [0.1, 0.15) is 6.29 Å². The minimum absolute atomic E-state index is 0.122. The molecule has 0 N–H and O–H groups in total. The molecule has 0 amide bonds. The first-order valence-electron chi connectivity index (χ1n) is 4.99. The Morgan fingerprint density at radius 2 is 2.19 bits per heavy atom. The van der Waals surface area contributed by atoms with Gasteiger partial charge < -0.3 is 0 Å². The van der Waals surface area contributed by atoms with E-state index in [1.54, 1.807) is 13.0 Å². The molecule has 84 valence electrons. The van der Waals surface area contributed by atoms with Gasteiger partial charge in [0.25, 0.3) is 0 Å². The molecule has 2 nitrogen and oxygen atoms in total. The molecule has 0 unspecified atom stereocenters. The number of thioether (sulfide) groups is 1. The molecular weight excluding hydrogens is 220 g/mol. The summed E-state index contributed by atoms with van der Waals surface area (Å²) in [6.07, 6.45) is 4.76. The van der Waals surface area contributed by atoms with Crippen LogP contribution in [0.25, 0.3) is 6.08 Å². The molecule has 0 aliphatic carbocycles. The van der Waals surface area contributed by atoms with Crippen molar-refractivity contribution in [2.75, 3.05) is 5.75 Å². The molecule has 0 saturated heterocycles. The molecule has 3 heteroatoms. The lowest BCUT2D eigenvalue weighted by Crippen LogP contribution is -1.86. The summed E-state index contributed by atoms with van der Waals surface area (Å²) in [7, 11) is 0. The minimum atomic E-state index is 0.122. The van der Waals surface area contributed by atoms with Gasteiger partial charge in [0.2, 0.25) is 0 Å². The van der Waals surface area contributed by atoms with Crippen LogP contribution in [0.4, 0.5) is 0 Å². The number of benzene rings is 1. The molecule has 0 atom stereocenters. The van der Waals surface area contributed by atoms with E-state index in [0.29, 0.717) is 5.75 Å². The Labute approximate surface area is 99.7 Å². The molecule has 1 aromatic rings. The number of hydrogen-bond donors (Lipinski definition) is 0. The Kier molecular flexibility index (Phi) is 4.99. The zero-order chi connectivity index (χ0) is 12.0. The maximum Gasteiger partial charge on any atom is 0.186 e. The van der Waals surface area contributed by atoms with Crippen molar-refractivity contribution in [3.05, 3.63) is 41.0 Å². The van der Waals surface area contributed by atoms with Crippen LogP contribution in [0.15, 0.2) is 24.3 Å². The van der Waals surface area contributed by atoms with Gasteiger partial charge in [0, 0.05) is 18.2 Å². The standard InChI is InChI=1S/C13H14O2S/c1-10-8-12(5-6-13(10)9-14)4-3-7-16-11(2)15/h3-6,8-9H,7H2,1-2H3. The van der Waals surface area contributed by atoms with Crippen LogP contribution in [0, 0.1) is 6.92 Å². The number of carbonyl (C=O) groups is 2. The molecule has 0 spiro atoms. The number of carbonyl (C=O) groups excluding carboxylic acids is 2. The molecule has 1 rings (SSSR count). The minimum Gasteiger partial charge on any atom is -0.298 e. The van der Waals surface area contributed by atoms with Gasteiger partial charge in [-0.3, -0.25) is 9.59 Å². The quantitative estimate of drug-likeness (QED) is 0.751. The monoisotopic (exact) mass is 234 g/mol. The predicted molar refractivity (Wildman–Crippen MR) is 68.7 cm³/mol. The van der Waals surface area contributed by atoms with Crippen LogP contribution >= 0.6 is 11.8 Å². The zero-order valence-electron chi connectivity index (χ0n) is 9.40. The first-order valence-corrected chi connectivity index (χ1v) is 5.98. The van der Waals surface area contributed by atoms with Crippen molar-refractivity contribution in [1.29, 1.82) is 0 Å². The largest absolute Gasteiger partial charge is 0.298 e. The van der Waals surface area contributed by atoms with Crippen LogP contribution in [0.5, 0.6) is 0 Å². The molecule has 1 aromatic carbocycles. The third-order valence-electron chi connectivity index (χ3n) is 2.11. The average Bonchev–Trinajstić information content (AvgIpc) is 2.24. The molecule has 0 fully saturated rings. The summed E-state index contributed by atoms with van der Waals surface area (Å²) in [5.74, 6) is 0.684. The van der Waals surface area contributed by atoms with E-state index in [-0.39, 0.29) is 5.12 Å². The summed E-state index contributed by atoms with van der Waals surface area (Å²) in [5, 5.41) is 0.122. The second-order valence-corrected chi connectivity index (χ2v) is 4.64. The number of rotatable bonds is 4. The van der Waals surface area contributed by atoms with Crippen molar-refractivity contribution >= 4 is 29.2 Å². The van der Waals surface area contributed by atoms with Gasteiger partial charge in [-0.15, -0.1) is 0 Å². The van der Waals surface area contributed by atoms with Crippen LogP contribution in [-0.4, -0.2) is 17.2 Å². The van der Waals surface area contributed by atoms with E-state index in [1.165, 1.54) is 11.8 Å². The molecule has 0 aromatic heterocycles. The molecule has 0 aliphatic heterocycles. The van der Waals surface area contributed by atoms with Crippen LogP contribution in [0.1, 0.15) is 28.4 Å². The molecule has 0 radical (unpaired) electrons. The Morgan fingerprint density at radius 3 is 2.75 bits per heavy atom. The van der Waals surface area contributed by atoms with Crippen LogP contribution < -0.4 is 0 Å². The van der Waals surface area contributed by atoms with Crippen molar-refractivity contribution in [3.63, 3.8) is 0 Å². The fraction of sp³-hybridized carbons (Fsp3) is 0.231. The summed E-state index contributed by atoms with van der Waals surface area (Å²) in [4.78, 5) is 21.3. The van der Waals surface area contributed by atoms with Gasteiger partial charge >= 0.3 is 0 Å². The molecule has 0 bridgehead atoms. The van der Waals surface area contributed by atoms with Crippen molar-refractivity contribution in [2.24, 2.45) is 0 Å². The van der Waals surface area contributed by atoms with Crippen molar-refractivity contribution < 1.29 is 9.59 Å². The van der Waals surface area contributed by atoms with Gasteiger partial charge in [0.05, 0.1) is 0 Å². The van der Waals surface area contributed by atoms with Gasteiger partial charge in [0.15, 0.2) is 5.12 Å². The SMILES string of the molecule is CC(=O)SCC=Cc1ccc(C=O)c(C)c1. The van der Waals surface area contributed by atoms with Crippen LogP contribution in [-0.2, 0) is 4.79 Å². The highest BCUT2D eigenvalue weighted by Crippen LogP contribution is 2.11. The van der Waals surface area contributed by atoms with Gasteiger partial charge in [-0.1, -0.05) is 42.1 Å². The molecule has 16 heavy (non-hydrogen) atoms. The summed E-state index contributed by atoms with van der Waals surface area (Å²) >= 11 is 1.28. The Bertz CT molecular complexity index is 422. The second-order valence-electron chi connectivity index (χ2n) is 3.44. The van der Waals surface area contributed by atoms with Gasteiger partial charge in [-0.25, -0.2) is 0 Å². The van der Waals surface area contributed by atoms with E-state index in [1.807, 2.05) is 31.2 Å². The van der Waals surface area contributed by atoms with E-state index in [4.69, 9.17) is 0 Å². The molecule has 0 saturated carbocycles. The predicted octanol–water partition coefficient (Wildman–Crippen LogP) is 3.10. The Hall–Kier alpha value is -1.35. The summed E-state index contributed by atoms with van der Waals surface area (Å²) in [6.45, 7) is 3.47. The lowest BCUT2D eigenvalue weighted by Gasteiger charge is -1.99.